The van der Waals surface area contributed by atoms with E-state index < -0.39 is 0 Å². The van der Waals surface area contributed by atoms with Crippen LogP contribution in [0.1, 0.15) is 12.0 Å². The Labute approximate surface area is 89.9 Å². The van der Waals surface area contributed by atoms with Crippen molar-refractivity contribution in [3.8, 4) is 0 Å². The van der Waals surface area contributed by atoms with Crippen molar-refractivity contribution in [1.82, 2.24) is 10.2 Å². The van der Waals surface area contributed by atoms with Crippen LogP contribution in [0.5, 0.6) is 0 Å². The van der Waals surface area contributed by atoms with Gasteiger partial charge in [-0.15, -0.1) is 0 Å². The van der Waals surface area contributed by atoms with Crippen molar-refractivity contribution in [2.24, 2.45) is 5.92 Å². The van der Waals surface area contributed by atoms with E-state index in [1.54, 1.807) is 11.3 Å². The van der Waals surface area contributed by atoms with Crippen molar-refractivity contribution in [1.29, 1.82) is 0 Å². The van der Waals surface area contributed by atoms with E-state index in [1.165, 1.54) is 31.6 Å². The largest absolute Gasteiger partial charge is 0.316 e. The Hall–Kier alpha value is -0.380. The highest BCUT2D eigenvalue weighted by Crippen LogP contribution is 2.12. The molecule has 0 aliphatic carbocycles. The predicted octanol–water partition coefficient (Wildman–Crippen LogP) is 1.79. The van der Waals surface area contributed by atoms with Gasteiger partial charge < -0.3 is 10.2 Å². The molecule has 2 nitrogen and oxygen atoms in total. The molecule has 2 rings (SSSR count). The second-order valence-electron chi connectivity index (χ2n) is 4.18. The molecule has 1 aliphatic rings. The smallest absolute Gasteiger partial charge is 0.0238 e. The van der Waals surface area contributed by atoms with Gasteiger partial charge in [0.05, 0.1) is 0 Å². The molecule has 3 heteroatoms. The Morgan fingerprint density at radius 2 is 2.43 bits per heavy atom. The molecule has 0 spiro atoms. The van der Waals surface area contributed by atoms with Crippen LogP contribution in [0.15, 0.2) is 16.8 Å². The lowest BCUT2D eigenvalue weighted by molar-refractivity contribution is 0.252. The van der Waals surface area contributed by atoms with E-state index >= 15 is 0 Å². The van der Waals surface area contributed by atoms with Crippen LogP contribution in [0, 0.1) is 5.92 Å². The normalized spacial score (nSPS) is 17.3. The zero-order valence-electron chi connectivity index (χ0n) is 8.70. The molecule has 1 saturated heterocycles. The minimum atomic E-state index is 0.930. The fourth-order valence-electron chi connectivity index (χ4n) is 1.73. The van der Waals surface area contributed by atoms with Crippen molar-refractivity contribution in [2.45, 2.75) is 13.0 Å². The Bertz CT molecular complexity index is 254. The summed E-state index contributed by atoms with van der Waals surface area (Å²) < 4.78 is 0. The first-order valence-corrected chi connectivity index (χ1v) is 6.19. The third-order valence-electron chi connectivity index (χ3n) is 2.82. The zero-order valence-corrected chi connectivity index (χ0v) is 9.52. The van der Waals surface area contributed by atoms with Gasteiger partial charge in [0.15, 0.2) is 0 Å². The maximum atomic E-state index is 3.31. The molecule has 1 N–H and O–H groups in total. The highest BCUT2D eigenvalue weighted by molar-refractivity contribution is 7.07. The Balaban J connectivity index is 1.65. The first-order valence-electron chi connectivity index (χ1n) is 5.25. The van der Waals surface area contributed by atoms with E-state index in [9.17, 15) is 0 Å². The van der Waals surface area contributed by atoms with E-state index in [2.05, 4.69) is 34.1 Å². The van der Waals surface area contributed by atoms with Crippen molar-refractivity contribution < 1.29 is 0 Å². The van der Waals surface area contributed by atoms with Crippen LogP contribution < -0.4 is 5.32 Å². The lowest BCUT2D eigenvalue weighted by atomic mass is 9.99. The van der Waals surface area contributed by atoms with Crippen LogP contribution in [0.25, 0.3) is 0 Å². The quantitative estimate of drug-likeness (QED) is 0.797. The molecule has 0 aromatic carbocycles. The highest BCUT2D eigenvalue weighted by Gasteiger charge is 2.16. The molecule has 0 bridgehead atoms. The SMILES string of the molecule is CN(CCC1CNC1)Cc1ccsc1. The first-order chi connectivity index (χ1) is 6.84. The van der Waals surface area contributed by atoms with Gasteiger partial charge >= 0.3 is 0 Å². The standard InChI is InChI=1S/C11H18N2S/c1-13(4-2-10-6-12-7-10)8-11-3-5-14-9-11/h3,5,9-10,12H,2,4,6-8H2,1H3. The number of nitrogens with one attached hydrogen (secondary N) is 1. The summed E-state index contributed by atoms with van der Waals surface area (Å²) in [4.78, 5) is 2.42. The summed E-state index contributed by atoms with van der Waals surface area (Å²) >= 11 is 1.78. The number of thiophene rings is 1. The molecule has 1 fully saturated rings. The molecule has 0 atom stereocenters. The maximum absolute atomic E-state index is 3.31. The van der Waals surface area contributed by atoms with Crippen LogP contribution in [0.2, 0.25) is 0 Å². The third kappa shape index (κ3) is 2.80. The Kier molecular flexibility index (Phi) is 3.56. The van der Waals surface area contributed by atoms with Crippen LogP contribution in [-0.4, -0.2) is 31.6 Å². The monoisotopic (exact) mass is 210 g/mol. The maximum Gasteiger partial charge on any atom is 0.0238 e. The molecule has 1 aromatic heterocycles. The average molecular weight is 210 g/mol. The molecule has 0 amide bonds. The van der Waals surface area contributed by atoms with Crippen LogP contribution in [-0.2, 0) is 6.54 Å². The van der Waals surface area contributed by atoms with E-state index in [1.807, 2.05) is 0 Å². The lowest BCUT2D eigenvalue weighted by Crippen LogP contribution is -2.43. The summed E-state index contributed by atoms with van der Waals surface area (Å²) in [5.74, 6) is 0.930. The van der Waals surface area contributed by atoms with Crippen molar-refractivity contribution >= 4 is 11.3 Å². The minimum Gasteiger partial charge on any atom is -0.316 e. The molecule has 78 valence electrons. The number of hydrogen-bond donors (Lipinski definition) is 1. The molecular weight excluding hydrogens is 192 g/mol. The summed E-state index contributed by atoms with van der Waals surface area (Å²) in [5.41, 5.74) is 1.45. The second-order valence-corrected chi connectivity index (χ2v) is 4.96. The number of rotatable bonds is 5. The predicted molar refractivity (Wildman–Crippen MR) is 61.6 cm³/mol. The fraction of sp³-hybridized carbons (Fsp3) is 0.636. The molecule has 0 unspecified atom stereocenters. The average Bonchev–Trinajstić information content (AvgIpc) is 2.54. The van der Waals surface area contributed by atoms with E-state index in [-0.39, 0.29) is 0 Å². The van der Waals surface area contributed by atoms with Crippen molar-refractivity contribution in [3.63, 3.8) is 0 Å². The summed E-state index contributed by atoms with van der Waals surface area (Å²) in [6.07, 6.45) is 1.34. The van der Waals surface area contributed by atoms with E-state index in [4.69, 9.17) is 0 Å². The van der Waals surface area contributed by atoms with E-state index in [0.717, 1.165) is 12.5 Å². The molecule has 0 saturated carbocycles. The molecule has 1 aromatic rings. The Morgan fingerprint density at radius 3 is 3.00 bits per heavy atom. The fourth-order valence-corrected chi connectivity index (χ4v) is 2.39. The molecule has 1 aliphatic heterocycles. The summed E-state index contributed by atoms with van der Waals surface area (Å²) in [7, 11) is 2.21. The number of hydrogen-bond acceptors (Lipinski definition) is 3. The topological polar surface area (TPSA) is 15.3 Å². The van der Waals surface area contributed by atoms with Gasteiger partial charge in [0, 0.05) is 6.54 Å². The van der Waals surface area contributed by atoms with Gasteiger partial charge in [-0.3, -0.25) is 0 Å². The minimum absolute atomic E-state index is 0.930. The molecular formula is C11H18N2S. The second kappa shape index (κ2) is 4.91. The summed E-state index contributed by atoms with van der Waals surface area (Å²) in [6.45, 7) is 4.78. The highest BCUT2D eigenvalue weighted by atomic mass is 32.1. The van der Waals surface area contributed by atoms with Crippen LogP contribution in [0.3, 0.4) is 0 Å². The summed E-state index contributed by atoms with van der Waals surface area (Å²) in [5, 5.41) is 7.70. The molecule has 2 heterocycles. The van der Waals surface area contributed by atoms with Gasteiger partial charge in [0.25, 0.3) is 0 Å². The Morgan fingerprint density at radius 1 is 1.57 bits per heavy atom. The van der Waals surface area contributed by atoms with Gasteiger partial charge in [0.2, 0.25) is 0 Å². The van der Waals surface area contributed by atoms with Crippen LogP contribution >= 0.6 is 11.3 Å². The van der Waals surface area contributed by atoms with Gasteiger partial charge in [0.1, 0.15) is 0 Å². The van der Waals surface area contributed by atoms with E-state index in [0.29, 0.717) is 0 Å². The zero-order chi connectivity index (χ0) is 9.80. The van der Waals surface area contributed by atoms with Crippen LogP contribution in [0.4, 0.5) is 0 Å². The summed E-state index contributed by atoms with van der Waals surface area (Å²) in [6, 6.07) is 2.21. The lowest BCUT2D eigenvalue weighted by Gasteiger charge is -2.28. The number of nitrogens with zero attached hydrogens (tertiary/aromatic N) is 1. The van der Waals surface area contributed by atoms with Crippen molar-refractivity contribution in [2.75, 3.05) is 26.7 Å². The van der Waals surface area contributed by atoms with Gasteiger partial charge in [-0.2, -0.15) is 11.3 Å². The molecule has 14 heavy (non-hydrogen) atoms. The molecule has 0 radical (unpaired) electrons. The van der Waals surface area contributed by atoms with Crippen molar-refractivity contribution in [3.05, 3.63) is 22.4 Å². The van der Waals surface area contributed by atoms with Gasteiger partial charge in [-0.1, -0.05) is 0 Å². The first kappa shape index (κ1) is 10.1. The third-order valence-corrected chi connectivity index (χ3v) is 3.55. The van der Waals surface area contributed by atoms with Gasteiger partial charge in [-0.05, 0) is 61.4 Å². The van der Waals surface area contributed by atoms with Gasteiger partial charge in [-0.25, -0.2) is 0 Å².